The molecule has 2 N–H and O–H groups in total. The highest BCUT2D eigenvalue weighted by Crippen LogP contribution is 2.19. The summed E-state index contributed by atoms with van der Waals surface area (Å²) >= 11 is 0. The summed E-state index contributed by atoms with van der Waals surface area (Å²) in [5.41, 5.74) is -0.540. The minimum atomic E-state index is -1.44. The Balaban J connectivity index is 3.27. The van der Waals surface area contributed by atoms with Gasteiger partial charge in [0, 0.05) is 0 Å². The Morgan fingerprint density at radius 3 is 2.69 bits per heavy atom. The number of carbonyl (C=O) groups is 1. The Bertz CT molecular complexity index is 375. The van der Waals surface area contributed by atoms with Crippen LogP contribution in [-0.2, 0) is 0 Å². The van der Waals surface area contributed by atoms with Crippen molar-refractivity contribution in [2.24, 2.45) is 0 Å². The zero-order valence-electron chi connectivity index (χ0n) is 6.17. The standard InChI is InChI=1S/C6H4N2O5/c9-4-2-7-5(8(12)13)1-3(4)6(10)11/h1-2,9H,(H,10,11). The summed E-state index contributed by atoms with van der Waals surface area (Å²) in [6.07, 6.45) is 0.724. The highest BCUT2D eigenvalue weighted by Gasteiger charge is 2.17. The van der Waals surface area contributed by atoms with Gasteiger partial charge in [-0.05, 0) is 9.91 Å². The van der Waals surface area contributed by atoms with E-state index in [0.717, 1.165) is 6.20 Å². The number of hydrogen-bond donors (Lipinski definition) is 2. The second-order valence-electron chi connectivity index (χ2n) is 2.12. The van der Waals surface area contributed by atoms with Crippen molar-refractivity contribution >= 4 is 11.8 Å². The highest BCUT2D eigenvalue weighted by molar-refractivity contribution is 5.91. The van der Waals surface area contributed by atoms with Crippen LogP contribution < -0.4 is 0 Å². The van der Waals surface area contributed by atoms with Crippen molar-refractivity contribution in [3.8, 4) is 5.75 Å². The minimum absolute atomic E-state index is 0.540. The first-order chi connectivity index (χ1) is 6.02. The van der Waals surface area contributed by atoms with Gasteiger partial charge in [0.15, 0.2) is 11.9 Å². The van der Waals surface area contributed by atoms with E-state index in [1.165, 1.54) is 0 Å². The second kappa shape index (κ2) is 3.05. The lowest BCUT2D eigenvalue weighted by atomic mass is 10.2. The van der Waals surface area contributed by atoms with Crippen molar-refractivity contribution in [1.29, 1.82) is 0 Å². The Morgan fingerprint density at radius 1 is 1.62 bits per heavy atom. The van der Waals surface area contributed by atoms with Gasteiger partial charge in [-0.3, -0.25) is 0 Å². The third kappa shape index (κ3) is 1.70. The highest BCUT2D eigenvalue weighted by atomic mass is 16.6. The van der Waals surface area contributed by atoms with E-state index in [2.05, 4.69) is 4.98 Å². The average molecular weight is 184 g/mol. The third-order valence-electron chi connectivity index (χ3n) is 1.29. The van der Waals surface area contributed by atoms with Crippen LogP contribution in [0.2, 0.25) is 0 Å². The van der Waals surface area contributed by atoms with E-state index < -0.39 is 28.0 Å². The molecule has 0 aromatic carbocycles. The molecule has 0 aliphatic heterocycles. The van der Waals surface area contributed by atoms with Gasteiger partial charge in [0.1, 0.15) is 5.56 Å². The number of rotatable bonds is 2. The molecule has 0 saturated carbocycles. The predicted octanol–water partition coefficient (Wildman–Crippen LogP) is 0.394. The molecule has 68 valence electrons. The van der Waals surface area contributed by atoms with Gasteiger partial charge in [0.05, 0.1) is 6.07 Å². The first-order valence-electron chi connectivity index (χ1n) is 3.09. The number of carboxylic acids is 1. The first kappa shape index (κ1) is 8.91. The lowest BCUT2D eigenvalue weighted by Crippen LogP contribution is -2.00. The molecule has 0 aliphatic carbocycles. The molecular formula is C6H4N2O5. The number of aromatic nitrogens is 1. The zero-order valence-corrected chi connectivity index (χ0v) is 6.17. The maximum atomic E-state index is 10.4. The van der Waals surface area contributed by atoms with Crippen molar-refractivity contribution in [1.82, 2.24) is 4.98 Å². The maximum absolute atomic E-state index is 10.4. The summed E-state index contributed by atoms with van der Waals surface area (Å²) in [5.74, 6) is -2.66. The zero-order chi connectivity index (χ0) is 10.0. The predicted molar refractivity (Wildman–Crippen MR) is 39.5 cm³/mol. The number of aromatic hydroxyl groups is 1. The van der Waals surface area contributed by atoms with Crippen LogP contribution in [-0.4, -0.2) is 26.1 Å². The minimum Gasteiger partial charge on any atom is -0.504 e. The van der Waals surface area contributed by atoms with Gasteiger partial charge in [0.25, 0.3) is 0 Å². The van der Waals surface area contributed by atoms with E-state index >= 15 is 0 Å². The van der Waals surface area contributed by atoms with Crippen LogP contribution in [0.1, 0.15) is 10.4 Å². The van der Waals surface area contributed by atoms with Gasteiger partial charge in [-0.1, -0.05) is 0 Å². The Morgan fingerprint density at radius 2 is 2.23 bits per heavy atom. The first-order valence-corrected chi connectivity index (χ1v) is 3.09. The van der Waals surface area contributed by atoms with E-state index in [1.807, 2.05) is 0 Å². The lowest BCUT2D eigenvalue weighted by molar-refractivity contribution is -0.389. The van der Waals surface area contributed by atoms with Gasteiger partial charge >= 0.3 is 11.8 Å². The van der Waals surface area contributed by atoms with Crippen LogP contribution in [0.5, 0.6) is 5.75 Å². The fourth-order valence-electron chi connectivity index (χ4n) is 0.708. The molecule has 0 unspecified atom stereocenters. The number of pyridine rings is 1. The Hall–Kier alpha value is -2.18. The van der Waals surface area contributed by atoms with Crippen molar-refractivity contribution in [2.75, 3.05) is 0 Å². The van der Waals surface area contributed by atoms with Gasteiger partial charge in [0.2, 0.25) is 0 Å². The van der Waals surface area contributed by atoms with E-state index in [-0.39, 0.29) is 0 Å². The van der Waals surface area contributed by atoms with Crippen molar-refractivity contribution in [3.05, 3.63) is 27.9 Å². The van der Waals surface area contributed by atoms with E-state index in [0.29, 0.717) is 6.07 Å². The Labute approximate surface area is 71.4 Å². The molecule has 1 aromatic heterocycles. The van der Waals surface area contributed by atoms with Crippen LogP contribution in [0, 0.1) is 10.1 Å². The molecule has 0 amide bonds. The normalized spacial score (nSPS) is 9.54. The molecule has 1 aromatic rings. The molecule has 0 aliphatic rings. The topological polar surface area (TPSA) is 114 Å². The molecule has 7 heteroatoms. The quantitative estimate of drug-likeness (QED) is 0.507. The number of hydrogen-bond acceptors (Lipinski definition) is 5. The summed E-state index contributed by atoms with van der Waals surface area (Å²) < 4.78 is 0. The monoisotopic (exact) mass is 184 g/mol. The second-order valence-corrected chi connectivity index (χ2v) is 2.12. The van der Waals surface area contributed by atoms with Crippen LogP contribution >= 0.6 is 0 Å². The summed E-state index contributed by atoms with van der Waals surface area (Å²) in [6, 6.07) is 0.692. The summed E-state index contributed by atoms with van der Waals surface area (Å²) in [4.78, 5) is 22.9. The molecule has 0 saturated heterocycles. The van der Waals surface area contributed by atoms with Crippen molar-refractivity contribution in [2.45, 2.75) is 0 Å². The molecule has 0 atom stereocenters. The van der Waals surface area contributed by atoms with Crippen LogP contribution in [0.15, 0.2) is 12.3 Å². The van der Waals surface area contributed by atoms with Gasteiger partial charge in [-0.25, -0.2) is 4.79 Å². The number of nitro groups is 1. The smallest absolute Gasteiger partial charge is 0.364 e. The van der Waals surface area contributed by atoms with E-state index in [9.17, 15) is 14.9 Å². The van der Waals surface area contributed by atoms with Crippen LogP contribution in [0.25, 0.3) is 0 Å². The molecule has 0 bridgehead atoms. The molecule has 0 spiro atoms. The lowest BCUT2D eigenvalue weighted by Gasteiger charge is -1.96. The third-order valence-corrected chi connectivity index (χ3v) is 1.29. The maximum Gasteiger partial charge on any atom is 0.364 e. The van der Waals surface area contributed by atoms with Gasteiger partial charge in [-0.15, -0.1) is 0 Å². The average Bonchev–Trinajstić information content (AvgIpc) is 2.04. The van der Waals surface area contributed by atoms with E-state index in [4.69, 9.17) is 10.2 Å². The number of carboxylic acid groups (broad SMARTS) is 1. The SMILES string of the molecule is O=C(O)c1cc([N+](=O)[O-])ncc1O. The van der Waals surface area contributed by atoms with E-state index in [1.54, 1.807) is 0 Å². The van der Waals surface area contributed by atoms with Gasteiger partial charge < -0.3 is 20.3 Å². The number of aromatic carboxylic acids is 1. The summed E-state index contributed by atoms with van der Waals surface area (Å²) in [6.45, 7) is 0. The van der Waals surface area contributed by atoms with Gasteiger partial charge in [-0.2, -0.15) is 0 Å². The van der Waals surface area contributed by atoms with Crippen molar-refractivity contribution < 1.29 is 19.9 Å². The fraction of sp³-hybridized carbons (Fsp3) is 0. The van der Waals surface area contributed by atoms with Crippen LogP contribution in [0.4, 0.5) is 5.82 Å². The molecular weight excluding hydrogens is 180 g/mol. The summed E-state index contributed by atoms with van der Waals surface area (Å²) in [5, 5.41) is 27.5. The largest absolute Gasteiger partial charge is 0.504 e. The molecule has 0 fully saturated rings. The molecule has 7 nitrogen and oxygen atoms in total. The Kier molecular flexibility index (Phi) is 2.09. The molecule has 13 heavy (non-hydrogen) atoms. The molecule has 1 heterocycles. The molecule has 1 rings (SSSR count). The van der Waals surface area contributed by atoms with Crippen LogP contribution in [0.3, 0.4) is 0 Å². The summed E-state index contributed by atoms with van der Waals surface area (Å²) in [7, 11) is 0. The van der Waals surface area contributed by atoms with Crippen molar-refractivity contribution in [3.63, 3.8) is 0 Å². The number of nitrogens with zero attached hydrogens (tertiary/aromatic N) is 2. The fourth-order valence-corrected chi connectivity index (χ4v) is 0.708. The molecule has 0 radical (unpaired) electrons.